The van der Waals surface area contributed by atoms with E-state index in [0.717, 1.165) is 0 Å². The Bertz CT molecular complexity index is 139. The first-order valence-electron chi connectivity index (χ1n) is 3.82. The molecule has 0 unspecified atom stereocenters. The van der Waals surface area contributed by atoms with Gasteiger partial charge in [-0.05, 0) is 13.8 Å². The van der Waals surface area contributed by atoms with E-state index in [4.69, 9.17) is 0 Å². The van der Waals surface area contributed by atoms with E-state index in [1.54, 1.807) is 0 Å². The smallest absolute Gasteiger partial charge is 0.0398 e. The number of hydrogen-bond acceptors (Lipinski definition) is 0. The predicted octanol–water partition coefficient (Wildman–Crippen LogP) is 3.33. The van der Waals surface area contributed by atoms with Crippen molar-refractivity contribution in [1.29, 1.82) is 0 Å². The molecule has 0 saturated heterocycles. The summed E-state index contributed by atoms with van der Waals surface area (Å²) in [5.41, 5.74) is 2.66. The highest BCUT2D eigenvalue weighted by atomic mass is 13.9. The van der Waals surface area contributed by atoms with Crippen molar-refractivity contribution in [3.8, 4) is 0 Å². The molecule has 0 aliphatic heterocycles. The molecular formula is C10H16. The zero-order chi connectivity index (χ0) is 7.98. The zero-order valence-corrected chi connectivity index (χ0v) is 7.31. The van der Waals surface area contributed by atoms with Crippen molar-refractivity contribution in [1.82, 2.24) is 0 Å². The fourth-order valence-corrected chi connectivity index (χ4v) is 0.637. The van der Waals surface area contributed by atoms with Crippen molar-refractivity contribution in [3.63, 3.8) is 0 Å². The van der Waals surface area contributed by atoms with Crippen molar-refractivity contribution in [2.24, 2.45) is 0 Å². The highest BCUT2D eigenvalue weighted by Crippen LogP contribution is 1.99. The molecular weight excluding hydrogens is 120 g/mol. The lowest BCUT2D eigenvalue weighted by molar-refractivity contribution is 1.40. The van der Waals surface area contributed by atoms with Crippen LogP contribution in [0.5, 0.6) is 0 Å². The molecule has 0 aliphatic rings. The van der Waals surface area contributed by atoms with Crippen LogP contribution in [0.3, 0.4) is 0 Å². The fourth-order valence-electron chi connectivity index (χ4n) is 0.637. The Morgan fingerprint density at radius 2 is 0.900 bits per heavy atom. The molecule has 0 atom stereocenters. The lowest BCUT2D eigenvalue weighted by atomic mass is 10.2. The summed E-state index contributed by atoms with van der Waals surface area (Å²) in [4.78, 5) is 0. The first kappa shape index (κ1) is 9.22. The molecule has 0 fully saturated rings. The van der Waals surface area contributed by atoms with Crippen LogP contribution < -0.4 is 0 Å². The van der Waals surface area contributed by atoms with Crippen LogP contribution in [0.1, 0.15) is 25.0 Å². The van der Waals surface area contributed by atoms with Gasteiger partial charge in [0.1, 0.15) is 0 Å². The van der Waals surface area contributed by atoms with Crippen molar-refractivity contribution in [3.05, 3.63) is 35.4 Å². The summed E-state index contributed by atoms with van der Waals surface area (Å²) in [5, 5.41) is 0. The van der Waals surface area contributed by atoms with E-state index in [1.165, 1.54) is 11.1 Å². The topological polar surface area (TPSA) is 0 Å². The third kappa shape index (κ3) is 3.29. The van der Waals surface area contributed by atoms with E-state index >= 15 is 0 Å². The molecule has 1 aromatic rings. The maximum Gasteiger partial charge on any atom is -0.0398 e. The van der Waals surface area contributed by atoms with Crippen LogP contribution in [0.4, 0.5) is 0 Å². The second-order valence-corrected chi connectivity index (χ2v) is 2.15. The molecule has 0 N–H and O–H groups in total. The van der Waals surface area contributed by atoms with Gasteiger partial charge in [0.05, 0.1) is 0 Å². The van der Waals surface area contributed by atoms with Gasteiger partial charge < -0.3 is 0 Å². The highest BCUT2D eigenvalue weighted by Gasteiger charge is 1.79. The maximum absolute atomic E-state index is 2.12. The lowest BCUT2D eigenvalue weighted by Crippen LogP contribution is -1.70. The van der Waals surface area contributed by atoms with Crippen LogP contribution in [0.2, 0.25) is 0 Å². The third-order valence-electron chi connectivity index (χ3n) is 1.22. The maximum atomic E-state index is 2.12. The van der Waals surface area contributed by atoms with Gasteiger partial charge in [-0.3, -0.25) is 0 Å². The van der Waals surface area contributed by atoms with Gasteiger partial charge in [-0.15, -0.1) is 0 Å². The normalized spacial score (nSPS) is 8.00. The van der Waals surface area contributed by atoms with E-state index in [2.05, 4.69) is 38.1 Å². The van der Waals surface area contributed by atoms with Crippen LogP contribution in [-0.2, 0) is 0 Å². The summed E-state index contributed by atoms with van der Waals surface area (Å²) in [6.45, 7) is 8.19. The van der Waals surface area contributed by atoms with Crippen LogP contribution >= 0.6 is 0 Å². The summed E-state index contributed by atoms with van der Waals surface area (Å²) >= 11 is 0. The van der Waals surface area contributed by atoms with E-state index in [0.29, 0.717) is 0 Å². The quantitative estimate of drug-likeness (QED) is 0.513. The molecule has 0 amide bonds. The lowest BCUT2D eigenvalue weighted by Gasteiger charge is -1.90. The average molecular weight is 136 g/mol. The molecule has 56 valence electrons. The molecule has 0 radical (unpaired) electrons. The molecule has 0 nitrogen and oxygen atoms in total. The summed E-state index contributed by atoms with van der Waals surface area (Å²) in [7, 11) is 0. The Morgan fingerprint density at radius 3 is 1.10 bits per heavy atom. The second kappa shape index (κ2) is 5.04. The molecule has 0 bridgehead atoms. The zero-order valence-electron chi connectivity index (χ0n) is 7.31. The second-order valence-electron chi connectivity index (χ2n) is 2.15. The first-order valence-corrected chi connectivity index (χ1v) is 3.82. The van der Waals surface area contributed by atoms with E-state index in [1.807, 2.05) is 13.8 Å². The van der Waals surface area contributed by atoms with Crippen LogP contribution in [0.15, 0.2) is 24.3 Å². The summed E-state index contributed by atoms with van der Waals surface area (Å²) < 4.78 is 0. The standard InChI is InChI=1S/C8H10.C2H6/c1-7-3-5-8(2)6-4-7;1-2/h3-6H,1-2H3;1-2H3. The van der Waals surface area contributed by atoms with Crippen molar-refractivity contribution in [2.45, 2.75) is 27.7 Å². The van der Waals surface area contributed by atoms with Gasteiger partial charge >= 0.3 is 0 Å². The third-order valence-corrected chi connectivity index (χ3v) is 1.22. The Kier molecular flexibility index (Phi) is 4.65. The van der Waals surface area contributed by atoms with Crippen LogP contribution in [0.25, 0.3) is 0 Å². The molecule has 1 rings (SSSR count). The molecule has 0 spiro atoms. The average Bonchev–Trinajstić information content (AvgIpc) is 2.00. The molecule has 0 aromatic heterocycles. The Morgan fingerprint density at radius 1 is 0.700 bits per heavy atom. The van der Waals surface area contributed by atoms with Crippen molar-refractivity contribution in [2.75, 3.05) is 0 Å². The minimum atomic E-state index is 1.33. The number of benzene rings is 1. The van der Waals surface area contributed by atoms with Crippen LogP contribution in [0, 0.1) is 13.8 Å². The molecule has 1 aromatic carbocycles. The summed E-state index contributed by atoms with van der Waals surface area (Å²) in [6, 6.07) is 8.48. The van der Waals surface area contributed by atoms with Gasteiger partial charge in [0, 0.05) is 0 Å². The van der Waals surface area contributed by atoms with E-state index in [-0.39, 0.29) is 0 Å². The number of aryl methyl sites for hydroxylation is 2. The van der Waals surface area contributed by atoms with Gasteiger partial charge in [0.25, 0.3) is 0 Å². The Balaban J connectivity index is 0.000000371. The molecule has 0 heterocycles. The SMILES string of the molecule is CC.Cc1ccc(C)cc1. The Labute approximate surface area is 63.9 Å². The van der Waals surface area contributed by atoms with E-state index in [9.17, 15) is 0 Å². The summed E-state index contributed by atoms with van der Waals surface area (Å²) in [5.74, 6) is 0. The van der Waals surface area contributed by atoms with Gasteiger partial charge in [-0.1, -0.05) is 49.2 Å². The largest absolute Gasteiger partial charge is 0.0683 e. The van der Waals surface area contributed by atoms with Crippen molar-refractivity contribution >= 4 is 0 Å². The molecule has 0 aliphatic carbocycles. The monoisotopic (exact) mass is 136 g/mol. The van der Waals surface area contributed by atoms with Gasteiger partial charge in [0.15, 0.2) is 0 Å². The highest BCUT2D eigenvalue weighted by molar-refractivity contribution is 5.19. The first-order chi connectivity index (χ1) is 4.79. The van der Waals surface area contributed by atoms with Crippen molar-refractivity contribution < 1.29 is 0 Å². The van der Waals surface area contributed by atoms with Crippen LogP contribution in [-0.4, -0.2) is 0 Å². The number of rotatable bonds is 0. The Hall–Kier alpha value is -0.780. The van der Waals surface area contributed by atoms with E-state index < -0.39 is 0 Å². The van der Waals surface area contributed by atoms with Gasteiger partial charge in [-0.25, -0.2) is 0 Å². The predicted molar refractivity (Wildman–Crippen MR) is 47.3 cm³/mol. The summed E-state index contributed by atoms with van der Waals surface area (Å²) in [6.07, 6.45) is 0. The van der Waals surface area contributed by atoms with Gasteiger partial charge in [-0.2, -0.15) is 0 Å². The fraction of sp³-hybridized carbons (Fsp3) is 0.400. The number of hydrogen-bond donors (Lipinski definition) is 0. The molecule has 0 saturated carbocycles. The van der Waals surface area contributed by atoms with Gasteiger partial charge in [0.2, 0.25) is 0 Å². The minimum Gasteiger partial charge on any atom is -0.0683 e. The molecule has 10 heavy (non-hydrogen) atoms. The molecule has 0 heteroatoms. The minimum absolute atomic E-state index is 1.33.